The molecule has 0 saturated carbocycles. The predicted octanol–water partition coefficient (Wildman–Crippen LogP) is 2.38. The molecule has 1 aromatic rings. The smallest absolute Gasteiger partial charge is 0.254 e. The topological polar surface area (TPSA) is 53.4 Å². The second kappa shape index (κ2) is 5.03. The number of aromatic nitrogens is 1. The summed E-state index contributed by atoms with van der Waals surface area (Å²) in [7, 11) is 0. The number of pyridine rings is 1. The minimum absolute atomic E-state index is 0.179. The summed E-state index contributed by atoms with van der Waals surface area (Å²) in [5, 5.41) is 10.4. The molecule has 6 heteroatoms. The first-order chi connectivity index (χ1) is 8.43. The lowest BCUT2D eigenvalue weighted by Gasteiger charge is -2.46. The summed E-state index contributed by atoms with van der Waals surface area (Å²) < 4.78 is 0. The van der Waals surface area contributed by atoms with Crippen LogP contribution < -0.4 is 0 Å². The van der Waals surface area contributed by atoms with Crippen LogP contribution in [-0.2, 0) is 0 Å². The molecule has 2 heterocycles. The number of hydrogen-bond donors (Lipinski definition) is 1. The van der Waals surface area contributed by atoms with Crippen LogP contribution in [0.5, 0.6) is 0 Å². The van der Waals surface area contributed by atoms with Gasteiger partial charge in [-0.2, -0.15) is 0 Å². The number of aliphatic hydroxyl groups is 1. The lowest BCUT2D eigenvalue weighted by Crippen LogP contribution is -2.63. The molecule has 1 aromatic heterocycles. The van der Waals surface area contributed by atoms with Gasteiger partial charge >= 0.3 is 0 Å². The molecule has 0 atom stereocenters. The molecule has 1 aliphatic rings. The number of carbonyl (C=O) groups excluding carboxylic acids is 1. The van der Waals surface area contributed by atoms with Gasteiger partial charge in [0.1, 0.15) is 10.3 Å². The third-order valence-corrected chi connectivity index (χ3v) is 3.37. The van der Waals surface area contributed by atoms with Crippen molar-refractivity contribution in [1.29, 1.82) is 0 Å². The largest absolute Gasteiger partial charge is 0.386 e. The quantitative estimate of drug-likeness (QED) is 0.869. The van der Waals surface area contributed by atoms with E-state index in [9.17, 15) is 9.90 Å². The maximum absolute atomic E-state index is 12.1. The van der Waals surface area contributed by atoms with Gasteiger partial charge in [0, 0.05) is 5.56 Å². The van der Waals surface area contributed by atoms with Gasteiger partial charge in [0.25, 0.3) is 5.91 Å². The average Bonchev–Trinajstić information content (AvgIpc) is 2.23. The maximum atomic E-state index is 12.1. The molecular formula is C12H14Cl2N2O2. The molecule has 1 aliphatic heterocycles. The molecule has 1 N–H and O–H groups in total. The van der Waals surface area contributed by atoms with Crippen LogP contribution in [0.25, 0.3) is 0 Å². The lowest BCUT2D eigenvalue weighted by atomic mass is 9.89. The fourth-order valence-electron chi connectivity index (χ4n) is 2.20. The second-order valence-corrected chi connectivity index (χ2v) is 5.41. The second-order valence-electron chi connectivity index (χ2n) is 4.64. The van der Waals surface area contributed by atoms with Gasteiger partial charge in [-0.05, 0) is 18.6 Å². The third-order valence-electron chi connectivity index (χ3n) is 2.98. The average molecular weight is 289 g/mol. The zero-order chi connectivity index (χ0) is 13.3. The minimum Gasteiger partial charge on any atom is -0.386 e. The Hall–Kier alpha value is -0.840. The Balaban J connectivity index is 2.06. The van der Waals surface area contributed by atoms with Crippen LogP contribution in [0.2, 0.25) is 10.3 Å². The van der Waals surface area contributed by atoms with Crippen molar-refractivity contribution < 1.29 is 9.90 Å². The summed E-state index contributed by atoms with van der Waals surface area (Å²) in [6.07, 6.45) is 1.60. The van der Waals surface area contributed by atoms with Crippen LogP contribution in [0.3, 0.4) is 0 Å². The summed E-state index contributed by atoms with van der Waals surface area (Å²) in [5.74, 6) is -0.179. The van der Waals surface area contributed by atoms with Crippen LogP contribution in [0.15, 0.2) is 12.1 Å². The zero-order valence-electron chi connectivity index (χ0n) is 9.99. The number of β-amino-alcohol motifs (C(OH)–C–C–N with tert-alkyl or cyclic N) is 1. The third kappa shape index (κ3) is 2.76. The van der Waals surface area contributed by atoms with Gasteiger partial charge in [0.15, 0.2) is 0 Å². The fraction of sp³-hybridized carbons (Fsp3) is 0.500. The van der Waals surface area contributed by atoms with E-state index in [1.807, 2.05) is 6.92 Å². The number of amides is 1. The van der Waals surface area contributed by atoms with E-state index >= 15 is 0 Å². The molecule has 0 aliphatic carbocycles. The van der Waals surface area contributed by atoms with Gasteiger partial charge in [-0.25, -0.2) is 4.98 Å². The van der Waals surface area contributed by atoms with Gasteiger partial charge in [-0.3, -0.25) is 4.79 Å². The first-order valence-corrected chi connectivity index (χ1v) is 6.54. The van der Waals surface area contributed by atoms with Crippen molar-refractivity contribution in [3.05, 3.63) is 28.0 Å². The summed E-state index contributed by atoms with van der Waals surface area (Å²) >= 11 is 11.5. The highest BCUT2D eigenvalue weighted by atomic mass is 35.5. The molecule has 18 heavy (non-hydrogen) atoms. The molecule has 4 nitrogen and oxygen atoms in total. The Bertz CT molecular complexity index is 453. The molecule has 2 rings (SSSR count). The molecule has 1 fully saturated rings. The molecule has 0 bridgehead atoms. The number of carbonyl (C=O) groups is 1. The van der Waals surface area contributed by atoms with E-state index in [1.54, 1.807) is 4.90 Å². The minimum atomic E-state index is -0.731. The molecule has 0 spiro atoms. The van der Waals surface area contributed by atoms with Crippen LogP contribution in [-0.4, -0.2) is 39.6 Å². The summed E-state index contributed by atoms with van der Waals surface area (Å²) in [6, 6.07) is 2.96. The first-order valence-electron chi connectivity index (χ1n) is 5.78. The van der Waals surface area contributed by atoms with E-state index in [-0.39, 0.29) is 16.2 Å². The van der Waals surface area contributed by atoms with Crippen LogP contribution in [0.4, 0.5) is 0 Å². The number of halogens is 2. The molecule has 1 saturated heterocycles. The van der Waals surface area contributed by atoms with Gasteiger partial charge in [0.05, 0.1) is 18.7 Å². The summed E-state index contributed by atoms with van der Waals surface area (Å²) in [4.78, 5) is 17.5. The SMILES string of the molecule is CCCC1(O)CN(C(=O)c2cc(Cl)nc(Cl)c2)C1. The number of nitrogens with zero attached hydrogens (tertiary/aromatic N) is 2. The Kier molecular flexibility index (Phi) is 3.80. The van der Waals surface area contributed by atoms with E-state index in [0.29, 0.717) is 25.1 Å². The van der Waals surface area contributed by atoms with Gasteiger partial charge in [-0.15, -0.1) is 0 Å². The molecule has 0 aromatic carbocycles. The van der Waals surface area contributed by atoms with Crippen molar-refractivity contribution in [3.8, 4) is 0 Å². The Morgan fingerprint density at radius 3 is 2.50 bits per heavy atom. The van der Waals surface area contributed by atoms with Crippen molar-refractivity contribution >= 4 is 29.1 Å². The van der Waals surface area contributed by atoms with Crippen molar-refractivity contribution in [2.24, 2.45) is 0 Å². The van der Waals surface area contributed by atoms with Crippen LogP contribution in [0, 0.1) is 0 Å². The van der Waals surface area contributed by atoms with Gasteiger partial charge in [0.2, 0.25) is 0 Å². The molecule has 0 unspecified atom stereocenters. The Morgan fingerprint density at radius 2 is 2.00 bits per heavy atom. The van der Waals surface area contributed by atoms with Crippen molar-refractivity contribution in [2.45, 2.75) is 25.4 Å². The van der Waals surface area contributed by atoms with E-state index in [2.05, 4.69) is 4.98 Å². The monoisotopic (exact) mass is 288 g/mol. The Labute approximate surface area is 116 Å². The number of hydrogen-bond acceptors (Lipinski definition) is 3. The van der Waals surface area contributed by atoms with Crippen LogP contribution in [0.1, 0.15) is 30.1 Å². The van der Waals surface area contributed by atoms with Gasteiger partial charge in [-0.1, -0.05) is 36.5 Å². The fourth-order valence-corrected chi connectivity index (χ4v) is 2.66. The van der Waals surface area contributed by atoms with E-state index in [1.165, 1.54) is 12.1 Å². The zero-order valence-corrected chi connectivity index (χ0v) is 11.5. The molecular weight excluding hydrogens is 275 g/mol. The number of likely N-dealkylation sites (tertiary alicyclic amines) is 1. The first kappa shape index (κ1) is 13.6. The highest BCUT2D eigenvalue weighted by molar-refractivity contribution is 6.33. The van der Waals surface area contributed by atoms with E-state index in [0.717, 1.165) is 6.42 Å². The predicted molar refractivity (Wildman–Crippen MR) is 70.0 cm³/mol. The highest BCUT2D eigenvalue weighted by Crippen LogP contribution is 2.28. The summed E-state index contributed by atoms with van der Waals surface area (Å²) in [5.41, 5.74) is -0.330. The lowest BCUT2D eigenvalue weighted by molar-refractivity contribution is -0.0860. The van der Waals surface area contributed by atoms with E-state index < -0.39 is 5.60 Å². The van der Waals surface area contributed by atoms with Crippen molar-refractivity contribution in [1.82, 2.24) is 9.88 Å². The maximum Gasteiger partial charge on any atom is 0.254 e. The molecule has 98 valence electrons. The van der Waals surface area contributed by atoms with Crippen LogP contribution >= 0.6 is 23.2 Å². The van der Waals surface area contributed by atoms with Gasteiger partial charge < -0.3 is 10.0 Å². The van der Waals surface area contributed by atoms with Crippen molar-refractivity contribution in [2.75, 3.05) is 13.1 Å². The molecule has 0 radical (unpaired) electrons. The molecule has 1 amide bonds. The summed E-state index contributed by atoms with van der Waals surface area (Å²) in [6.45, 7) is 2.72. The number of rotatable bonds is 3. The normalized spacial score (nSPS) is 17.4. The van der Waals surface area contributed by atoms with E-state index in [4.69, 9.17) is 23.2 Å². The standard InChI is InChI=1S/C12H14Cl2N2O2/c1-2-3-12(18)6-16(7-12)11(17)8-4-9(13)15-10(14)5-8/h4-5,18H,2-3,6-7H2,1H3. The highest BCUT2D eigenvalue weighted by Gasteiger charge is 2.42. The van der Waals surface area contributed by atoms with Crippen molar-refractivity contribution in [3.63, 3.8) is 0 Å². The Morgan fingerprint density at radius 1 is 1.44 bits per heavy atom.